The van der Waals surface area contributed by atoms with Crippen LogP contribution in [0.5, 0.6) is 11.5 Å². The summed E-state index contributed by atoms with van der Waals surface area (Å²) in [6.07, 6.45) is -3.14. The van der Waals surface area contributed by atoms with Crippen molar-refractivity contribution in [2.75, 3.05) is 45.3 Å². The Labute approximate surface area is 160 Å². The molecule has 0 N–H and O–H groups in total. The van der Waals surface area contributed by atoms with Crippen LogP contribution in [0.4, 0.5) is 19.0 Å². The molecule has 6 nitrogen and oxygen atoms in total. The molecule has 0 atom stereocenters. The fourth-order valence-corrected chi connectivity index (χ4v) is 3.14. The lowest BCUT2D eigenvalue weighted by molar-refractivity contribution is -0.137. The van der Waals surface area contributed by atoms with Crippen LogP contribution in [0.15, 0.2) is 36.5 Å². The van der Waals surface area contributed by atoms with E-state index in [1.807, 2.05) is 0 Å². The molecule has 2 aromatic rings. The second-order valence-electron chi connectivity index (χ2n) is 6.22. The monoisotopic (exact) mass is 395 g/mol. The third-order valence-electron chi connectivity index (χ3n) is 4.59. The number of piperazine rings is 1. The summed E-state index contributed by atoms with van der Waals surface area (Å²) in [5.74, 6) is 0.639. The Balaban J connectivity index is 1.72. The summed E-state index contributed by atoms with van der Waals surface area (Å²) in [4.78, 5) is 19.8. The fraction of sp³-hybridized carbons (Fsp3) is 0.368. The zero-order valence-electron chi connectivity index (χ0n) is 15.5. The van der Waals surface area contributed by atoms with Crippen LogP contribution >= 0.6 is 0 Å². The quantitative estimate of drug-likeness (QED) is 0.797. The summed E-state index contributed by atoms with van der Waals surface area (Å²) in [7, 11) is 2.99. The number of carbonyl (C=O) groups excluding carboxylic acids is 1. The molecule has 2 heterocycles. The smallest absolute Gasteiger partial charge is 0.419 e. The Kier molecular flexibility index (Phi) is 5.62. The number of methoxy groups -OCH3 is 2. The van der Waals surface area contributed by atoms with Crippen molar-refractivity contribution in [2.24, 2.45) is 0 Å². The molecule has 1 saturated heterocycles. The summed E-state index contributed by atoms with van der Waals surface area (Å²) in [5.41, 5.74) is -0.338. The van der Waals surface area contributed by atoms with E-state index in [1.165, 1.54) is 26.5 Å². The fourth-order valence-electron chi connectivity index (χ4n) is 3.14. The van der Waals surface area contributed by atoms with Gasteiger partial charge in [-0.05, 0) is 30.3 Å². The highest BCUT2D eigenvalue weighted by atomic mass is 19.4. The van der Waals surface area contributed by atoms with Gasteiger partial charge in [-0.2, -0.15) is 13.2 Å². The molecule has 0 bridgehead atoms. The van der Waals surface area contributed by atoms with Gasteiger partial charge in [0, 0.05) is 37.9 Å². The van der Waals surface area contributed by atoms with Gasteiger partial charge in [0.15, 0.2) is 11.5 Å². The van der Waals surface area contributed by atoms with Crippen molar-refractivity contribution in [1.29, 1.82) is 0 Å². The molecule has 28 heavy (non-hydrogen) atoms. The van der Waals surface area contributed by atoms with Crippen LogP contribution in [0.25, 0.3) is 0 Å². The van der Waals surface area contributed by atoms with Gasteiger partial charge < -0.3 is 19.3 Å². The first-order valence-electron chi connectivity index (χ1n) is 8.63. The van der Waals surface area contributed by atoms with E-state index < -0.39 is 11.7 Å². The molecule has 0 aliphatic carbocycles. The maximum absolute atomic E-state index is 13.2. The van der Waals surface area contributed by atoms with E-state index in [-0.39, 0.29) is 24.8 Å². The van der Waals surface area contributed by atoms with Crippen molar-refractivity contribution < 1.29 is 27.4 Å². The van der Waals surface area contributed by atoms with E-state index in [0.717, 1.165) is 6.07 Å². The van der Waals surface area contributed by atoms with Gasteiger partial charge in [-0.25, -0.2) is 4.98 Å². The maximum Gasteiger partial charge on any atom is 0.419 e. The van der Waals surface area contributed by atoms with Gasteiger partial charge in [-0.3, -0.25) is 4.79 Å². The highest BCUT2D eigenvalue weighted by molar-refractivity contribution is 5.95. The third-order valence-corrected chi connectivity index (χ3v) is 4.59. The first-order chi connectivity index (χ1) is 13.3. The Bertz CT molecular complexity index is 850. The Hall–Kier alpha value is -2.97. The molecule has 0 unspecified atom stereocenters. The molecular formula is C19H20F3N3O3. The van der Waals surface area contributed by atoms with Gasteiger partial charge in [0.2, 0.25) is 0 Å². The van der Waals surface area contributed by atoms with Crippen molar-refractivity contribution >= 4 is 11.7 Å². The topological polar surface area (TPSA) is 54.9 Å². The summed E-state index contributed by atoms with van der Waals surface area (Å²) in [5, 5.41) is 0. The van der Waals surface area contributed by atoms with E-state index in [1.54, 1.807) is 28.0 Å². The van der Waals surface area contributed by atoms with Crippen LogP contribution < -0.4 is 14.4 Å². The molecule has 0 spiro atoms. The van der Waals surface area contributed by atoms with Crippen molar-refractivity contribution in [3.05, 3.63) is 47.7 Å². The zero-order valence-corrected chi connectivity index (χ0v) is 15.5. The molecule has 1 amide bonds. The van der Waals surface area contributed by atoms with E-state index in [9.17, 15) is 18.0 Å². The molecule has 9 heteroatoms. The number of hydrogen-bond acceptors (Lipinski definition) is 5. The van der Waals surface area contributed by atoms with Crippen LogP contribution in [0, 0.1) is 0 Å². The highest BCUT2D eigenvalue weighted by Crippen LogP contribution is 2.35. The van der Waals surface area contributed by atoms with E-state index in [4.69, 9.17) is 9.47 Å². The number of aromatic nitrogens is 1. The van der Waals surface area contributed by atoms with E-state index in [0.29, 0.717) is 30.2 Å². The lowest BCUT2D eigenvalue weighted by Gasteiger charge is -2.36. The number of alkyl halides is 3. The summed E-state index contributed by atoms with van der Waals surface area (Å²) >= 11 is 0. The van der Waals surface area contributed by atoms with Crippen molar-refractivity contribution in [1.82, 2.24) is 9.88 Å². The number of nitrogens with zero attached hydrogens (tertiary/aromatic N) is 3. The average molecular weight is 395 g/mol. The predicted molar refractivity (Wildman–Crippen MR) is 96.9 cm³/mol. The number of rotatable bonds is 4. The minimum Gasteiger partial charge on any atom is -0.493 e. The van der Waals surface area contributed by atoms with Crippen molar-refractivity contribution in [3.8, 4) is 11.5 Å². The first-order valence-corrected chi connectivity index (χ1v) is 8.63. The molecule has 0 radical (unpaired) electrons. The van der Waals surface area contributed by atoms with Crippen LogP contribution in [0.3, 0.4) is 0 Å². The minimum absolute atomic E-state index is 0.104. The molecule has 1 aliphatic heterocycles. The SMILES string of the molecule is COc1ccc(C(=O)N2CCN(c3ncccc3C(F)(F)F)CC2)cc1OC. The number of hydrogen-bond donors (Lipinski definition) is 0. The number of anilines is 1. The minimum atomic E-state index is -4.48. The second kappa shape index (κ2) is 7.95. The van der Waals surface area contributed by atoms with Crippen molar-refractivity contribution in [2.45, 2.75) is 6.18 Å². The lowest BCUT2D eigenvalue weighted by atomic mass is 10.1. The lowest BCUT2D eigenvalue weighted by Crippen LogP contribution is -2.49. The van der Waals surface area contributed by atoms with Crippen LogP contribution in [-0.2, 0) is 6.18 Å². The number of pyridine rings is 1. The number of benzene rings is 1. The molecule has 1 aromatic heterocycles. The van der Waals surface area contributed by atoms with E-state index in [2.05, 4.69) is 4.98 Å². The van der Waals surface area contributed by atoms with Gasteiger partial charge in [0.25, 0.3) is 5.91 Å². The third kappa shape index (κ3) is 3.97. The number of halogens is 3. The van der Waals surface area contributed by atoms with Gasteiger partial charge in [-0.1, -0.05) is 0 Å². The molecule has 150 valence electrons. The van der Waals surface area contributed by atoms with Crippen LogP contribution in [0.1, 0.15) is 15.9 Å². The summed E-state index contributed by atoms with van der Waals surface area (Å²) < 4.78 is 50.0. The number of carbonyl (C=O) groups is 1. The van der Waals surface area contributed by atoms with Crippen LogP contribution in [-0.4, -0.2) is 56.2 Å². The average Bonchev–Trinajstić information content (AvgIpc) is 2.72. The maximum atomic E-state index is 13.2. The summed E-state index contributed by atoms with van der Waals surface area (Å²) in [6.45, 7) is 1.11. The molecule has 1 fully saturated rings. The zero-order chi connectivity index (χ0) is 20.3. The molecule has 1 aromatic carbocycles. The van der Waals surface area contributed by atoms with Gasteiger partial charge in [0.1, 0.15) is 5.82 Å². The molecule has 1 aliphatic rings. The van der Waals surface area contributed by atoms with Gasteiger partial charge in [-0.15, -0.1) is 0 Å². The molecule has 3 rings (SSSR count). The normalized spacial score (nSPS) is 14.8. The highest BCUT2D eigenvalue weighted by Gasteiger charge is 2.36. The number of amides is 1. The predicted octanol–water partition coefficient (Wildman–Crippen LogP) is 3.08. The number of ether oxygens (including phenoxy) is 2. The van der Waals surface area contributed by atoms with Gasteiger partial charge in [0.05, 0.1) is 19.8 Å². The van der Waals surface area contributed by atoms with E-state index >= 15 is 0 Å². The standard InChI is InChI=1S/C19H20F3N3O3/c1-27-15-6-5-13(12-16(15)28-2)18(26)25-10-8-24(9-11-25)17-14(19(20,21)22)4-3-7-23-17/h3-7,12H,8-11H2,1-2H3. The van der Waals surface area contributed by atoms with Crippen molar-refractivity contribution in [3.63, 3.8) is 0 Å². The van der Waals surface area contributed by atoms with Gasteiger partial charge >= 0.3 is 6.18 Å². The largest absolute Gasteiger partial charge is 0.493 e. The Morgan fingerprint density at radius 3 is 2.32 bits per heavy atom. The second-order valence-corrected chi connectivity index (χ2v) is 6.22. The Morgan fingerprint density at radius 2 is 1.71 bits per heavy atom. The first kappa shape index (κ1) is 19.8. The summed E-state index contributed by atoms with van der Waals surface area (Å²) in [6, 6.07) is 7.16. The van der Waals surface area contributed by atoms with Crippen LogP contribution in [0.2, 0.25) is 0 Å². The molecule has 0 saturated carbocycles. The molecular weight excluding hydrogens is 375 g/mol. The Morgan fingerprint density at radius 1 is 1.04 bits per heavy atom.